The maximum Gasteiger partial charge on any atom is 0.334 e. The SMILES string of the molecule is CCN1C(=O)C(=O)N(CC(=O)N(C)Cc2ccc(C)cc2C)C1=O. The number of carbonyl (C=O) groups excluding carboxylic acids is 4. The molecule has 0 aromatic heterocycles. The highest BCUT2D eigenvalue weighted by Gasteiger charge is 2.44. The number of benzene rings is 1. The van der Waals surface area contributed by atoms with Crippen LogP contribution in [0.25, 0.3) is 0 Å². The van der Waals surface area contributed by atoms with Gasteiger partial charge in [0.05, 0.1) is 0 Å². The summed E-state index contributed by atoms with van der Waals surface area (Å²) in [6.07, 6.45) is 0. The van der Waals surface area contributed by atoms with Crippen LogP contribution >= 0.6 is 0 Å². The Hall–Kier alpha value is -2.70. The summed E-state index contributed by atoms with van der Waals surface area (Å²) in [7, 11) is 1.60. The summed E-state index contributed by atoms with van der Waals surface area (Å²) in [6, 6.07) is 5.20. The van der Waals surface area contributed by atoms with Crippen molar-refractivity contribution in [1.29, 1.82) is 0 Å². The van der Waals surface area contributed by atoms with E-state index in [9.17, 15) is 19.2 Å². The van der Waals surface area contributed by atoms with Crippen molar-refractivity contribution in [2.45, 2.75) is 27.3 Å². The first-order valence-corrected chi connectivity index (χ1v) is 7.73. The van der Waals surface area contributed by atoms with Crippen LogP contribution in [0.3, 0.4) is 0 Å². The first-order chi connectivity index (χ1) is 11.3. The van der Waals surface area contributed by atoms with E-state index in [1.54, 1.807) is 14.0 Å². The molecule has 7 heteroatoms. The highest BCUT2D eigenvalue weighted by molar-refractivity contribution is 6.45. The van der Waals surface area contributed by atoms with Crippen LogP contribution in [0.2, 0.25) is 0 Å². The predicted octanol–water partition coefficient (Wildman–Crippen LogP) is 1.07. The minimum absolute atomic E-state index is 0.104. The lowest BCUT2D eigenvalue weighted by Crippen LogP contribution is -2.42. The Morgan fingerprint density at radius 3 is 2.25 bits per heavy atom. The number of hydrogen-bond donors (Lipinski definition) is 0. The normalized spacial score (nSPS) is 14.6. The highest BCUT2D eigenvalue weighted by Crippen LogP contribution is 2.14. The molecule has 1 aromatic carbocycles. The average molecular weight is 331 g/mol. The van der Waals surface area contributed by atoms with Crippen molar-refractivity contribution in [3.63, 3.8) is 0 Å². The average Bonchev–Trinajstić information content (AvgIpc) is 2.73. The van der Waals surface area contributed by atoms with Gasteiger partial charge in [0.2, 0.25) is 5.91 Å². The van der Waals surface area contributed by atoms with Crippen molar-refractivity contribution in [3.8, 4) is 0 Å². The number of likely N-dealkylation sites (N-methyl/N-ethyl adjacent to an activating group) is 2. The lowest BCUT2D eigenvalue weighted by atomic mass is 10.1. The quantitative estimate of drug-likeness (QED) is 0.597. The number of nitrogens with zero attached hydrogens (tertiary/aromatic N) is 3. The first-order valence-electron chi connectivity index (χ1n) is 7.73. The van der Waals surface area contributed by atoms with Crippen LogP contribution in [-0.2, 0) is 20.9 Å². The fraction of sp³-hybridized carbons (Fsp3) is 0.412. The number of imide groups is 2. The second-order valence-electron chi connectivity index (χ2n) is 5.90. The second-order valence-corrected chi connectivity index (χ2v) is 5.90. The summed E-state index contributed by atoms with van der Waals surface area (Å²) < 4.78 is 0. The van der Waals surface area contributed by atoms with Gasteiger partial charge in [-0.2, -0.15) is 0 Å². The molecule has 2 rings (SSSR count). The third-order valence-electron chi connectivity index (χ3n) is 4.08. The number of carbonyl (C=O) groups is 4. The molecular weight excluding hydrogens is 310 g/mol. The third kappa shape index (κ3) is 3.29. The van der Waals surface area contributed by atoms with E-state index < -0.39 is 30.3 Å². The molecule has 0 spiro atoms. The van der Waals surface area contributed by atoms with Crippen LogP contribution in [0.15, 0.2) is 18.2 Å². The Kier molecular flexibility index (Phi) is 5.02. The van der Waals surface area contributed by atoms with Gasteiger partial charge in [-0.05, 0) is 31.9 Å². The van der Waals surface area contributed by atoms with E-state index in [4.69, 9.17) is 0 Å². The third-order valence-corrected chi connectivity index (χ3v) is 4.08. The predicted molar refractivity (Wildman–Crippen MR) is 86.9 cm³/mol. The molecule has 0 saturated carbocycles. The maximum absolute atomic E-state index is 12.3. The van der Waals surface area contributed by atoms with E-state index in [0.29, 0.717) is 11.4 Å². The van der Waals surface area contributed by atoms with Crippen LogP contribution < -0.4 is 0 Å². The molecule has 1 fully saturated rings. The van der Waals surface area contributed by atoms with E-state index in [0.717, 1.165) is 21.6 Å². The van der Waals surface area contributed by atoms with Crippen molar-refractivity contribution in [2.24, 2.45) is 0 Å². The van der Waals surface area contributed by atoms with Gasteiger partial charge in [0, 0.05) is 20.1 Å². The van der Waals surface area contributed by atoms with Crippen LogP contribution in [0.1, 0.15) is 23.6 Å². The van der Waals surface area contributed by atoms with Gasteiger partial charge in [-0.3, -0.25) is 19.3 Å². The monoisotopic (exact) mass is 331 g/mol. The van der Waals surface area contributed by atoms with Gasteiger partial charge >= 0.3 is 17.8 Å². The molecule has 0 bridgehead atoms. The zero-order chi connectivity index (χ0) is 18.0. The fourth-order valence-corrected chi connectivity index (χ4v) is 2.59. The van der Waals surface area contributed by atoms with Crippen molar-refractivity contribution in [2.75, 3.05) is 20.1 Å². The number of aryl methyl sites for hydroxylation is 2. The van der Waals surface area contributed by atoms with Crippen molar-refractivity contribution >= 4 is 23.8 Å². The van der Waals surface area contributed by atoms with Gasteiger partial charge < -0.3 is 4.90 Å². The lowest BCUT2D eigenvalue weighted by Gasteiger charge is -2.21. The molecule has 7 nitrogen and oxygen atoms in total. The fourth-order valence-electron chi connectivity index (χ4n) is 2.59. The molecule has 0 aliphatic carbocycles. The largest absolute Gasteiger partial charge is 0.340 e. The van der Waals surface area contributed by atoms with Crippen LogP contribution in [0.4, 0.5) is 4.79 Å². The first kappa shape index (κ1) is 17.7. The standard InChI is InChI=1S/C17H21N3O4/c1-5-19-15(22)16(23)20(17(19)24)10-14(21)18(4)9-13-7-6-11(2)8-12(13)3/h6-8H,5,9-10H2,1-4H3. The molecular formula is C17H21N3O4. The molecule has 1 saturated heterocycles. The van der Waals surface area contributed by atoms with Gasteiger partial charge in [0.15, 0.2) is 0 Å². The van der Waals surface area contributed by atoms with Crippen LogP contribution in [-0.4, -0.2) is 58.6 Å². The number of amides is 5. The zero-order valence-electron chi connectivity index (χ0n) is 14.3. The van der Waals surface area contributed by atoms with E-state index >= 15 is 0 Å². The van der Waals surface area contributed by atoms with Gasteiger partial charge in [-0.15, -0.1) is 0 Å². The molecule has 0 radical (unpaired) electrons. The molecule has 0 atom stereocenters. The Labute approximate surface area is 140 Å². The zero-order valence-corrected chi connectivity index (χ0v) is 14.3. The summed E-state index contributed by atoms with van der Waals surface area (Å²) in [5.74, 6) is -2.23. The molecule has 128 valence electrons. The molecule has 5 amide bonds. The van der Waals surface area contributed by atoms with E-state index in [1.165, 1.54) is 4.90 Å². The second kappa shape index (κ2) is 6.82. The molecule has 1 aromatic rings. The number of urea groups is 1. The van der Waals surface area contributed by atoms with Gasteiger partial charge in [-0.1, -0.05) is 23.8 Å². The lowest BCUT2D eigenvalue weighted by molar-refractivity contribution is -0.144. The maximum atomic E-state index is 12.3. The summed E-state index contributed by atoms with van der Waals surface area (Å²) in [5.41, 5.74) is 3.19. The molecule has 1 aliphatic heterocycles. The van der Waals surface area contributed by atoms with Crippen molar-refractivity contribution in [1.82, 2.24) is 14.7 Å². The molecule has 0 unspecified atom stereocenters. The Balaban J connectivity index is 2.05. The van der Waals surface area contributed by atoms with Gasteiger partial charge in [-0.25, -0.2) is 9.69 Å². The number of hydrogen-bond acceptors (Lipinski definition) is 4. The summed E-state index contributed by atoms with van der Waals surface area (Å²) in [5, 5.41) is 0. The molecule has 24 heavy (non-hydrogen) atoms. The van der Waals surface area contributed by atoms with Gasteiger partial charge in [0.25, 0.3) is 0 Å². The minimum atomic E-state index is -0.949. The smallest absolute Gasteiger partial charge is 0.334 e. The minimum Gasteiger partial charge on any atom is -0.340 e. The summed E-state index contributed by atoms with van der Waals surface area (Å²) in [6.45, 7) is 5.60. The molecule has 1 heterocycles. The van der Waals surface area contributed by atoms with Gasteiger partial charge in [0.1, 0.15) is 6.54 Å². The molecule has 1 aliphatic rings. The van der Waals surface area contributed by atoms with Crippen molar-refractivity contribution < 1.29 is 19.2 Å². The van der Waals surface area contributed by atoms with Crippen LogP contribution in [0, 0.1) is 13.8 Å². The number of rotatable bonds is 5. The van der Waals surface area contributed by atoms with E-state index in [2.05, 4.69) is 0 Å². The van der Waals surface area contributed by atoms with E-state index in [-0.39, 0.29) is 6.54 Å². The Bertz CT molecular complexity index is 714. The molecule has 0 N–H and O–H groups in total. The Morgan fingerprint density at radius 1 is 1.08 bits per heavy atom. The highest BCUT2D eigenvalue weighted by atomic mass is 16.2. The van der Waals surface area contributed by atoms with E-state index in [1.807, 2.05) is 32.0 Å². The summed E-state index contributed by atoms with van der Waals surface area (Å²) in [4.78, 5) is 50.8. The summed E-state index contributed by atoms with van der Waals surface area (Å²) >= 11 is 0. The Morgan fingerprint density at radius 2 is 1.71 bits per heavy atom. The van der Waals surface area contributed by atoms with Crippen LogP contribution in [0.5, 0.6) is 0 Å². The van der Waals surface area contributed by atoms with Crippen molar-refractivity contribution in [3.05, 3.63) is 34.9 Å². The topological polar surface area (TPSA) is 78.0 Å².